The SMILES string of the molecule is [2H]c1c(-n2c3ccccc3c3ccccc32)c([2H])c2c(oc3c([2H])c(-c4nc(-c5ccc(-c6ccccc6)cc5)nc(-c5cccc(-c6ccccc6)c5)n4)c([2H])c([2H])c32)c1[2H]. The van der Waals surface area contributed by atoms with Crippen LogP contribution in [0.4, 0.5) is 0 Å². The van der Waals surface area contributed by atoms with Gasteiger partial charge < -0.3 is 8.98 Å². The van der Waals surface area contributed by atoms with Crippen LogP contribution in [0.1, 0.15) is 8.22 Å². The standard InChI is InChI=1S/C51H32N4O/c1-3-12-33(13-4-1)35-22-24-36(25-23-35)49-52-50(38-17-11-16-37(30-38)34-14-5-2-6-15-34)54-51(53-49)39-26-28-43-44-32-40(27-29-47(44)56-48(43)31-39)55-45-20-9-7-18-41(45)42-19-8-10-21-46(42)55/h1-32H/i26D,27D,28D,29D,31D,32D. The maximum Gasteiger partial charge on any atom is 0.164 e. The van der Waals surface area contributed by atoms with Crippen molar-refractivity contribution in [3.8, 4) is 62.1 Å². The highest BCUT2D eigenvalue weighted by Gasteiger charge is 2.17. The fraction of sp³-hybridized carbons (Fsp3) is 0. The van der Waals surface area contributed by atoms with Gasteiger partial charge in [0.05, 0.1) is 19.3 Å². The second kappa shape index (κ2) is 13.0. The number of fused-ring (bicyclic) bond motifs is 6. The third kappa shape index (κ3) is 5.45. The molecule has 11 rings (SSSR count). The van der Waals surface area contributed by atoms with Crippen molar-refractivity contribution in [2.45, 2.75) is 0 Å². The Morgan fingerprint density at radius 3 is 1.61 bits per heavy atom. The lowest BCUT2D eigenvalue weighted by Gasteiger charge is -2.10. The lowest BCUT2D eigenvalue weighted by Crippen LogP contribution is -2.00. The van der Waals surface area contributed by atoms with E-state index in [4.69, 9.17) is 19.4 Å². The van der Waals surface area contributed by atoms with Gasteiger partial charge in [0.2, 0.25) is 0 Å². The topological polar surface area (TPSA) is 56.7 Å². The highest BCUT2D eigenvalue weighted by atomic mass is 16.3. The lowest BCUT2D eigenvalue weighted by atomic mass is 10.0. The highest BCUT2D eigenvalue weighted by Crippen LogP contribution is 2.37. The Kier molecular flexibility index (Phi) is 6.10. The van der Waals surface area contributed by atoms with Crippen molar-refractivity contribution in [3.63, 3.8) is 0 Å². The zero-order valence-corrected chi connectivity index (χ0v) is 29.7. The van der Waals surface area contributed by atoms with Crippen LogP contribution in [0, 0.1) is 0 Å². The van der Waals surface area contributed by atoms with Crippen LogP contribution in [-0.2, 0) is 0 Å². The molecule has 5 nitrogen and oxygen atoms in total. The normalized spacial score (nSPS) is 13.1. The summed E-state index contributed by atoms with van der Waals surface area (Å²) in [7, 11) is 0. The minimum absolute atomic E-state index is 0.00236. The van der Waals surface area contributed by atoms with E-state index >= 15 is 0 Å². The Bertz CT molecular complexity index is 3540. The Balaban J connectivity index is 1.14. The summed E-state index contributed by atoms with van der Waals surface area (Å²) in [5, 5.41) is 1.98. The summed E-state index contributed by atoms with van der Waals surface area (Å²) in [6.07, 6.45) is 0. The molecule has 0 spiro atoms. The van der Waals surface area contributed by atoms with E-state index in [0.29, 0.717) is 22.8 Å². The van der Waals surface area contributed by atoms with Crippen LogP contribution in [0.3, 0.4) is 0 Å². The predicted molar refractivity (Wildman–Crippen MR) is 229 cm³/mol. The number of benzene rings is 8. The van der Waals surface area contributed by atoms with E-state index in [1.165, 1.54) is 0 Å². The molecule has 3 aromatic heterocycles. The molecule has 3 heterocycles. The fourth-order valence-corrected chi connectivity index (χ4v) is 7.42. The Morgan fingerprint density at radius 2 is 0.911 bits per heavy atom. The summed E-state index contributed by atoms with van der Waals surface area (Å²) in [6, 6.07) is 49.4. The first-order valence-corrected chi connectivity index (χ1v) is 18.3. The third-order valence-corrected chi connectivity index (χ3v) is 10.1. The summed E-state index contributed by atoms with van der Waals surface area (Å²) in [4.78, 5) is 14.7. The largest absolute Gasteiger partial charge is 0.456 e. The van der Waals surface area contributed by atoms with Gasteiger partial charge in [-0.25, -0.2) is 15.0 Å². The molecule has 0 saturated carbocycles. The van der Waals surface area contributed by atoms with Crippen LogP contribution in [0.25, 0.3) is 106 Å². The van der Waals surface area contributed by atoms with Crippen LogP contribution in [-0.4, -0.2) is 19.5 Å². The van der Waals surface area contributed by atoms with Gasteiger partial charge in [-0.2, -0.15) is 0 Å². The molecule has 0 N–H and O–H groups in total. The van der Waals surface area contributed by atoms with Crippen LogP contribution in [0.5, 0.6) is 0 Å². The molecule has 0 fully saturated rings. The van der Waals surface area contributed by atoms with Gasteiger partial charge in [0, 0.05) is 43.9 Å². The van der Waals surface area contributed by atoms with E-state index in [0.717, 1.165) is 44.1 Å². The lowest BCUT2D eigenvalue weighted by molar-refractivity contribution is 0.669. The highest BCUT2D eigenvalue weighted by molar-refractivity contribution is 6.10. The molecule has 0 aliphatic carbocycles. The average Bonchev–Trinajstić information content (AvgIpc) is 3.89. The van der Waals surface area contributed by atoms with Gasteiger partial charge in [0.1, 0.15) is 11.2 Å². The van der Waals surface area contributed by atoms with Gasteiger partial charge in [0.25, 0.3) is 0 Å². The summed E-state index contributed by atoms with van der Waals surface area (Å²) in [5.74, 6) is 0.611. The van der Waals surface area contributed by atoms with E-state index in [2.05, 4.69) is 0 Å². The summed E-state index contributed by atoms with van der Waals surface area (Å²) < 4.78 is 64.7. The monoisotopic (exact) mass is 722 g/mol. The molecule has 262 valence electrons. The first kappa shape index (κ1) is 26.2. The average molecular weight is 723 g/mol. The van der Waals surface area contributed by atoms with E-state index in [1.807, 2.05) is 158 Å². The van der Waals surface area contributed by atoms with Crippen molar-refractivity contribution in [2.24, 2.45) is 0 Å². The number of nitrogens with zero attached hydrogens (tertiary/aromatic N) is 4. The zero-order chi connectivity index (χ0) is 42.2. The van der Waals surface area contributed by atoms with Crippen LogP contribution in [0.2, 0.25) is 0 Å². The predicted octanol–water partition coefficient (Wildman–Crippen LogP) is 13.2. The molecule has 0 aliphatic heterocycles. The molecule has 0 saturated heterocycles. The van der Waals surface area contributed by atoms with Crippen molar-refractivity contribution in [1.82, 2.24) is 19.5 Å². The van der Waals surface area contributed by atoms with Crippen LogP contribution >= 0.6 is 0 Å². The smallest absolute Gasteiger partial charge is 0.164 e. The van der Waals surface area contributed by atoms with Gasteiger partial charge >= 0.3 is 0 Å². The molecule has 8 aromatic carbocycles. The van der Waals surface area contributed by atoms with Crippen molar-refractivity contribution in [2.75, 3.05) is 0 Å². The molecule has 0 amide bonds. The Hall–Kier alpha value is -7.63. The van der Waals surface area contributed by atoms with Crippen molar-refractivity contribution >= 4 is 43.7 Å². The number of rotatable bonds is 6. The van der Waals surface area contributed by atoms with Gasteiger partial charge in [-0.05, 0) is 70.7 Å². The van der Waals surface area contributed by atoms with E-state index < -0.39 is 0 Å². The van der Waals surface area contributed by atoms with Crippen LogP contribution < -0.4 is 0 Å². The maximum atomic E-state index is 9.63. The second-order valence-corrected chi connectivity index (χ2v) is 13.6. The second-order valence-electron chi connectivity index (χ2n) is 13.6. The number of hydrogen-bond acceptors (Lipinski definition) is 4. The molecule has 56 heavy (non-hydrogen) atoms. The van der Waals surface area contributed by atoms with Crippen molar-refractivity contribution in [3.05, 3.63) is 194 Å². The van der Waals surface area contributed by atoms with Gasteiger partial charge in [-0.1, -0.05) is 146 Å². The fourth-order valence-electron chi connectivity index (χ4n) is 7.42. The van der Waals surface area contributed by atoms with Crippen molar-refractivity contribution in [1.29, 1.82) is 0 Å². The van der Waals surface area contributed by atoms with Gasteiger partial charge in [-0.15, -0.1) is 0 Å². The molecule has 5 heteroatoms. The molecule has 11 aromatic rings. The van der Waals surface area contributed by atoms with E-state index in [-0.39, 0.29) is 75.3 Å². The minimum atomic E-state index is -0.343. The van der Waals surface area contributed by atoms with Gasteiger partial charge in [0.15, 0.2) is 17.5 Å². The summed E-state index contributed by atoms with van der Waals surface area (Å²) >= 11 is 0. The quantitative estimate of drug-likeness (QED) is 0.171. The summed E-state index contributed by atoms with van der Waals surface area (Å²) in [5.41, 5.74) is 6.78. The Labute approximate surface area is 331 Å². The number of furan rings is 1. The number of para-hydroxylation sites is 2. The maximum absolute atomic E-state index is 9.63. The van der Waals surface area contributed by atoms with Crippen LogP contribution in [0.15, 0.2) is 198 Å². The zero-order valence-electron chi connectivity index (χ0n) is 35.7. The summed E-state index contributed by atoms with van der Waals surface area (Å²) in [6.45, 7) is 0. The Morgan fingerprint density at radius 1 is 0.375 bits per heavy atom. The molecular formula is C51H32N4O. The van der Waals surface area contributed by atoms with Gasteiger partial charge in [-0.3, -0.25) is 0 Å². The number of aromatic nitrogens is 4. The first-order valence-electron chi connectivity index (χ1n) is 21.3. The molecule has 0 aliphatic rings. The van der Waals surface area contributed by atoms with E-state index in [1.54, 1.807) is 4.57 Å². The first-order chi connectivity index (χ1) is 30.3. The number of hydrogen-bond donors (Lipinski definition) is 0. The third-order valence-electron chi connectivity index (χ3n) is 10.1. The molecule has 0 radical (unpaired) electrons. The molecular weight excluding hydrogens is 685 g/mol. The molecule has 0 atom stereocenters. The minimum Gasteiger partial charge on any atom is -0.456 e. The van der Waals surface area contributed by atoms with E-state index in [9.17, 15) is 8.22 Å². The molecule has 0 bridgehead atoms. The van der Waals surface area contributed by atoms with Crippen molar-refractivity contribution < 1.29 is 12.6 Å². The molecule has 0 unspecified atom stereocenters.